The minimum absolute atomic E-state index is 0.285. The van der Waals surface area contributed by atoms with Crippen LogP contribution < -0.4 is 0 Å². The Kier molecular flexibility index (Phi) is 4.06. The summed E-state index contributed by atoms with van der Waals surface area (Å²) in [6.07, 6.45) is 1.97. The van der Waals surface area contributed by atoms with Crippen LogP contribution in [0, 0.1) is 0 Å². The van der Waals surface area contributed by atoms with E-state index < -0.39 is 0 Å². The summed E-state index contributed by atoms with van der Waals surface area (Å²) in [4.78, 5) is 15.9. The second kappa shape index (κ2) is 4.86. The molecule has 0 aliphatic carbocycles. The van der Waals surface area contributed by atoms with Gasteiger partial charge < -0.3 is 9.80 Å². The van der Waals surface area contributed by atoms with Gasteiger partial charge in [0.15, 0.2) is 0 Å². The van der Waals surface area contributed by atoms with Gasteiger partial charge in [0.25, 0.3) is 0 Å². The third kappa shape index (κ3) is 2.88. The third-order valence-electron chi connectivity index (χ3n) is 2.42. The fourth-order valence-electron chi connectivity index (χ4n) is 1.72. The molecule has 76 valence electrons. The molecule has 1 saturated heterocycles. The molecule has 0 radical (unpaired) electrons. The predicted molar refractivity (Wildman–Crippen MR) is 57.1 cm³/mol. The minimum atomic E-state index is 0.285. The number of hydrogen-bond acceptors (Lipinski definition) is 3. The van der Waals surface area contributed by atoms with Gasteiger partial charge in [-0.25, -0.2) is 0 Å². The van der Waals surface area contributed by atoms with Crippen molar-refractivity contribution < 1.29 is 4.79 Å². The summed E-state index contributed by atoms with van der Waals surface area (Å²) in [5, 5.41) is 0. The van der Waals surface area contributed by atoms with E-state index in [0.717, 1.165) is 19.6 Å². The second-order valence-electron chi connectivity index (χ2n) is 3.63. The molecule has 13 heavy (non-hydrogen) atoms. The van der Waals surface area contributed by atoms with Crippen LogP contribution in [0.1, 0.15) is 6.92 Å². The lowest BCUT2D eigenvalue weighted by molar-refractivity contribution is -0.132. The second-order valence-corrected chi connectivity index (χ2v) is 4.50. The van der Waals surface area contributed by atoms with Crippen LogP contribution in [0.25, 0.3) is 0 Å². The smallest absolute Gasteiger partial charge is 0.232 e. The van der Waals surface area contributed by atoms with Crippen molar-refractivity contribution in [3.63, 3.8) is 0 Å². The Morgan fingerprint density at radius 2 is 2.23 bits per heavy atom. The minimum Gasteiger partial charge on any atom is -0.337 e. The normalized spacial score (nSPS) is 24.8. The molecule has 1 unspecified atom stereocenters. The van der Waals surface area contributed by atoms with Gasteiger partial charge in [-0.15, -0.1) is 0 Å². The molecule has 4 heteroatoms. The van der Waals surface area contributed by atoms with E-state index in [-0.39, 0.29) is 5.91 Å². The maximum absolute atomic E-state index is 11.6. The topological polar surface area (TPSA) is 23.6 Å². The molecule has 0 aromatic heterocycles. The lowest BCUT2D eigenvalue weighted by atomic mass is 10.2. The van der Waals surface area contributed by atoms with E-state index in [9.17, 15) is 4.79 Å². The fraction of sp³-hybridized carbons (Fsp3) is 0.889. The highest BCUT2D eigenvalue weighted by molar-refractivity contribution is 7.99. The van der Waals surface area contributed by atoms with Crippen molar-refractivity contribution in [2.24, 2.45) is 0 Å². The Morgan fingerprint density at radius 3 is 2.77 bits per heavy atom. The Labute approximate surface area is 84.5 Å². The molecular weight excluding hydrogens is 184 g/mol. The highest BCUT2D eigenvalue weighted by atomic mass is 32.2. The van der Waals surface area contributed by atoms with Crippen molar-refractivity contribution in [1.82, 2.24) is 9.80 Å². The average Bonchev–Trinajstić information content (AvgIpc) is 2.04. The third-order valence-corrected chi connectivity index (χ3v) is 2.95. The number of carbonyl (C=O) groups is 1. The lowest BCUT2D eigenvalue weighted by Gasteiger charge is -2.38. The predicted octanol–water partition coefficient (Wildman–Crippen LogP) is 0.512. The van der Waals surface area contributed by atoms with E-state index in [1.165, 1.54) is 0 Å². The SMILES string of the molecule is CSCC(=O)N1CCN(C)CC1C. The van der Waals surface area contributed by atoms with Crippen LogP contribution in [0.15, 0.2) is 0 Å². The molecule has 0 N–H and O–H groups in total. The van der Waals surface area contributed by atoms with Crippen molar-refractivity contribution >= 4 is 17.7 Å². The van der Waals surface area contributed by atoms with Crippen LogP contribution in [-0.4, -0.2) is 60.4 Å². The number of likely N-dealkylation sites (N-methyl/N-ethyl adjacent to an activating group) is 1. The van der Waals surface area contributed by atoms with E-state index in [4.69, 9.17) is 0 Å². The quantitative estimate of drug-likeness (QED) is 0.652. The lowest BCUT2D eigenvalue weighted by Crippen LogP contribution is -2.53. The van der Waals surface area contributed by atoms with E-state index in [2.05, 4.69) is 18.9 Å². The summed E-state index contributed by atoms with van der Waals surface area (Å²) in [6.45, 7) is 5.01. The van der Waals surface area contributed by atoms with Gasteiger partial charge in [-0.2, -0.15) is 11.8 Å². The Balaban J connectivity index is 2.45. The molecule has 1 fully saturated rings. The number of amides is 1. The first-order chi connectivity index (χ1) is 6.15. The first-order valence-electron chi connectivity index (χ1n) is 4.62. The zero-order valence-corrected chi connectivity index (χ0v) is 9.43. The Bertz CT molecular complexity index is 186. The Morgan fingerprint density at radius 1 is 1.54 bits per heavy atom. The van der Waals surface area contributed by atoms with Gasteiger partial charge in [-0.1, -0.05) is 0 Å². The fourth-order valence-corrected chi connectivity index (χ4v) is 2.13. The van der Waals surface area contributed by atoms with Crippen LogP contribution >= 0.6 is 11.8 Å². The molecule has 1 amide bonds. The van der Waals surface area contributed by atoms with E-state index in [0.29, 0.717) is 11.8 Å². The highest BCUT2D eigenvalue weighted by Gasteiger charge is 2.24. The molecule has 0 aromatic rings. The molecule has 0 bridgehead atoms. The number of piperazine rings is 1. The highest BCUT2D eigenvalue weighted by Crippen LogP contribution is 2.09. The van der Waals surface area contributed by atoms with Crippen LogP contribution in [0.3, 0.4) is 0 Å². The number of thioether (sulfide) groups is 1. The maximum Gasteiger partial charge on any atom is 0.232 e. The molecule has 1 aliphatic rings. The van der Waals surface area contributed by atoms with Gasteiger partial charge in [-0.3, -0.25) is 4.79 Å². The Hall–Kier alpha value is -0.220. The van der Waals surface area contributed by atoms with Gasteiger partial charge >= 0.3 is 0 Å². The van der Waals surface area contributed by atoms with Gasteiger partial charge in [0.2, 0.25) is 5.91 Å². The molecule has 3 nitrogen and oxygen atoms in total. The van der Waals surface area contributed by atoms with Crippen molar-refractivity contribution in [3.8, 4) is 0 Å². The molecule has 1 aliphatic heterocycles. The number of hydrogen-bond donors (Lipinski definition) is 0. The molecule has 0 aromatic carbocycles. The van der Waals surface area contributed by atoms with E-state index in [1.807, 2.05) is 11.2 Å². The number of rotatable bonds is 2. The van der Waals surface area contributed by atoms with E-state index >= 15 is 0 Å². The maximum atomic E-state index is 11.6. The molecule has 1 rings (SSSR count). The van der Waals surface area contributed by atoms with Crippen molar-refractivity contribution in [1.29, 1.82) is 0 Å². The summed E-state index contributed by atoms with van der Waals surface area (Å²) in [6, 6.07) is 0.374. The molecule has 1 atom stereocenters. The summed E-state index contributed by atoms with van der Waals surface area (Å²) in [7, 11) is 2.10. The van der Waals surface area contributed by atoms with Gasteiger partial charge in [-0.05, 0) is 20.2 Å². The van der Waals surface area contributed by atoms with Crippen molar-refractivity contribution in [3.05, 3.63) is 0 Å². The molecular formula is C9H18N2OS. The summed E-state index contributed by atoms with van der Waals surface area (Å²) < 4.78 is 0. The van der Waals surface area contributed by atoms with Crippen LogP contribution in [-0.2, 0) is 4.79 Å². The summed E-state index contributed by atoms with van der Waals surface area (Å²) >= 11 is 1.60. The number of carbonyl (C=O) groups excluding carboxylic acids is 1. The number of nitrogens with zero attached hydrogens (tertiary/aromatic N) is 2. The largest absolute Gasteiger partial charge is 0.337 e. The van der Waals surface area contributed by atoms with Gasteiger partial charge in [0.1, 0.15) is 0 Å². The van der Waals surface area contributed by atoms with Gasteiger partial charge in [0.05, 0.1) is 5.75 Å². The molecule has 1 heterocycles. The zero-order valence-electron chi connectivity index (χ0n) is 8.62. The first-order valence-corrected chi connectivity index (χ1v) is 6.01. The van der Waals surface area contributed by atoms with Crippen LogP contribution in [0.2, 0.25) is 0 Å². The first kappa shape index (κ1) is 10.9. The standard InChI is InChI=1S/C9H18N2OS/c1-8-6-10(2)4-5-11(8)9(12)7-13-3/h8H,4-7H2,1-3H3. The monoisotopic (exact) mass is 202 g/mol. The van der Waals surface area contributed by atoms with Crippen molar-refractivity contribution in [2.75, 3.05) is 38.7 Å². The van der Waals surface area contributed by atoms with Crippen molar-refractivity contribution in [2.45, 2.75) is 13.0 Å². The summed E-state index contributed by atoms with van der Waals surface area (Å²) in [5.41, 5.74) is 0. The average molecular weight is 202 g/mol. The molecule has 0 saturated carbocycles. The molecule has 0 spiro atoms. The zero-order chi connectivity index (χ0) is 9.84. The van der Waals surface area contributed by atoms with Crippen LogP contribution in [0.4, 0.5) is 0 Å². The summed E-state index contributed by atoms with van der Waals surface area (Å²) in [5.74, 6) is 0.904. The van der Waals surface area contributed by atoms with Gasteiger partial charge in [0, 0.05) is 25.7 Å². The van der Waals surface area contributed by atoms with Crippen LogP contribution in [0.5, 0.6) is 0 Å². The van der Waals surface area contributed by atoms with E-state index in [1.54, 1.807) is 11.8 Å².